The topological polar surface area (TPSA) is 89.0 Å². The molecule has 8 nitrogen and oxygen atoms in total. The summed E-state index contributed by atoms with van der Waals surface area (Å²) in [5.41, 5.74) is 3.01. The molecule has 2 heterocycles. The Bertz CT molecular complexity index is 1170. The number of rotatable bonds is 6. The molecule has 1 saturated heterocycles. The fourth-order valence-electron chi connectivity index (χ4n) is 4.13. The Labute approximate surface area is 203 Å². The fraction of sp³-hybridized carbons (Fsp3) is 0.269. The van der Waals surface area contributed by atoms with Gasteiger partial charge in [-0.15, -0.1) is 0 Å². The summed E-state index contributed by atoms with van der Waals surface area (Å²) in [6, 6.07) is 17.1. The standard InChI is InChI=1S/C26H28FN5O3/c1-18-16-31(13-14-32(18)26(34)35)17-19-3-10-23(11-4-19)30(2)25(33)20-5-12-24(28-15-20)29-22-8-6-21(27)7-9-22/h3-12,15,18H,13-14,16-17H2,1-2H3,(H,28,29)(H,34,35)/t18-/m0/s1. The van der Waals surface area contributed by atoms with Gasteiger partial charge in [0.15, 0.2) is 0 Å². The summed E-state index contributed by atoms with van der Waals surface area (Å²) in [5, 5.41) is 12.3. The molecule has 182 valence electrons. The Morgan fingerprint density at radius 3 is 2.40 bits per heavy atom. The molecule has 2 amide bonds. The number of nitrogens with zero attached hydrogens (tertiary/aromatic N) is 4. The Morgan fingerprint density at radius 2 is 1.80 bits per heavy atom. The van der Waals surface area contributed by atoms with E-state index in [0.717, 1.165) is 17.8 Å². The molecule has 2 N–H and O–H groups in total. The van der Waals surface area contributed by atoms with Gasteiger partial charge >= 0.3 is 6.09 Å². The average molecular weight is 478 g/mol. The lowest BCUT2D eigenvalue weighted by Gasteiger charge is -2.38. The van der Waals surface area contributed by atoms with E-state index < -0.39 is 6.09 Å². The summed E-state index contributed by atoms with van der Waals surface area (Å²) in [4.78, 5) is 33.8. The first-order chi connectivity index (χ1) is 16.8. The van der Waals surface area contributed by atoms with Gasteiger partial charge < -0.3 is 20.2 Å². The van der Waals surface area contributed by atoms with Gasteiger partial charge in [-0.25, -0.2) is 14.2 Å². The Balaban J connectivity index is 1.34. The van der Waals surface area contributed by atoms with E-state index in [1.807, 2.05) is 31.2 Å². The van der Waals surface area contributed by atoms with Crippen LogP contribution >= 0.6 is 0 Å². The van der Waals surface area contributed by atoms with Crippen molar-refractivity contribution in [3.8, 4) is 0 Å². The molecular weight excluding hydrogens is 449 g/mol. The second-order valence-corrected chi connectivity index (χ2v) is 8.65. The minimum Gasteiger partial charge on any atom is -0.465 e. The van der Waals surface area contributed by atoms with Crippen LogP contribution in [0.4, 0.5) is 26.4 Å². The van der Waals surface area contributed by atoms with Gasteiger partial charge in [0.2, 0.25) is 0 Å². The maximum atomic E-state index is 13.1. The number of halogens is 1. The molecule has 1 aliphatic heterocycles. The van der Waals surface area contributed by atoms with Gasteiger partial charge in [-0.3, -0.25) is 9.69 Å². The van der Waals surface area contributed by atoms with Crippen molar-refractivity contribution >= 4 is 29.2 Å². The van der Waals surface area contributed by atoms with Crippen molar-refractivity contribution in [2.24, 2.45) is 0 Å². The minimum absolute atomic E-state index is 0.0461. The second-order valence-electron chi connectivity index (χ2n) is 8.65. The van der Waals surface area contributed by atoms with E-state index in [1.54, 1.807) is 36.2 Å². The molecule has 35 heavy (non-hydrogen) atoms. The van der Waals surface area contributed by atoms with Crippen molar-refractivity contribution in [3.63, 3.8) is 0 Å². The zero-order valence-corrected chi connectivity index (χ0v) is 19.7. The molecule has 1 atom stereocenters. The second kappa shape index (κ2) is 10.5. The number of anilines is 3. The van der Waals surface area contributed by atoms with Crippen molar-refractivity contribution in [1.82, 2.24) is 14.8 Å². The smallest absolute Gasteiger partial charge is 0.407 e. The lowest BCUT2D eigenvalue weighted by molar-refractivity contribution is 0.0711. The molecule has 0 saturated carbocycles. The summed E-state index contributed by atoms with van der Waals surface area (Å²) in [5.74, 6) is 0.0598. The highest BCUT2D eigenvalue weighted by Crippen LogP contribution is 2.20. The molecule has 0 aliphatic carbocycles. The zero-order valence-electron chi connectivity index (χ0n) is 19.7. The van der Waals surface area contributed by atoms with Gasteiger partial charge in [-0.1, -0.05) is 12.1 Å². The van der Waals surface area contributed by atoms with E-state index >= 15 is 0 Å². The molecule has 2 aromatic carbocycles. The first kappa shape index (κ1) is 24.2. The van der Waals surface area contributed by atoms with Crippen LogP contribution in [0.1, 0.15) is 22.8 Å². The molecule has 1 fully saturated rings. The van der Waals surface area contributed by atoms with Crippen LogP contribution in [0.3, 0.4) is 0 Å². The van der Waals surface area contributed by atoms with Crippen LogP contribution in [0, 0.1) is 5.82 Å². The van der Waals surface area contributed by atoms with E-state index in [2.05, 4.69) is 15.2 Å². The van der Waals surface area contributed by atoms with Crippen molar-refractivity contribution in [3.05, 3.63) is 83.8 Å². The van der Waals surface area contributed by atoms with E-state index in [9.17, 15) is 19.1 Å². The largest absolute Gasteiger partial charge is 0.465 e. The maximum Gasteiger partial charge on any atom is 0.407 e. The molecule has 0 radical (unpaired) electrons. The molecule has 0 unspecified atom stereocenters. The predicted molar refractivity (Wildman–Crippen MR) is 133 cm³/mol. The van der Waals surface area contributed by atoms with Crippen molar-refractivity contribution in [2.75, 3.05) is 36.9 Å². The Hall–Kier alpha value is -3.98. The number of aromatic nitrogens is 1. The van der Waals surface area contributed by atoms with Crippen LogP contribution in [-0.4, -0.2) is 64.6 Å². The SMILES string of the molecule is C[C@H]1CN(Cc2ccc(N(C)C(=O)c3ccc(Nc4ccc(F)cc4)nc3)cc2)CCN1C(=O)O. The third-order valence-corrected chi connectivity index (χ3v) is 6.12. The normalized spacial score (nSPS) is 16.1. The fourth-order valence-corrected chi connectivity index (χ4v) is 4.13. The molecule has 1 aromatic heterocycles. The lowest BCUT2D eigenvalue weighted by Crippen LogP contribution is -2.53. The molecule has 9 heteroatoms. The van der Waals surface area contributed by atoms with Crippen molar-refractivity contribution < 1.29 is 19.1 Å². The highest BCUT2D eigenvalue weighted by atomic mass is 19.1. The van der Waals surface area contributed by atoms with Gasteiger partial charge in [0.25, 0.3) is 5.91 Å². The molecule has 0 bridgehead atoms. The van der Waals surface area contributed by atoms with E-state index in [0.29, 0.717) is 36.7 Å². The quantitative estimate of drug-likeness (QED) is 0.546. The average Bonchev–Trinajstić information content (AvgIpc) is 2.85. The third kappa shape index (κ3) is 5.93. The van der Waals surface area contributed by atoms with E-state index in [1.165, 1.54) is 23.2 Å². The van der Waals surface area contributed by atoms with Crippen LogP contribution < -0.4 is 10.2 Å². The van der Waals surface area contributed by atoms with Crippen LogP contribution in [-0.2, 0) is 6.54 Å². The van der Waals surface area contributed by atoms with Crippen LogP contribution in [0.2, 0.25) is 0 Å². The lowest BCUT2D eigenvalue weighted by atomic mass is 10.1. The summed E-state index contributed by atoms with van der Waals surface area (Å²) in [7, 11) is 1.72. The van der Waals surface area contributed by atoms with Gasteiger partial charge in [0.1, 0.15) is 11.6 Å². The van der Waals surface area contributed by atoms with Gasteiger partial charge in [-0.2, -0.15) is 0 Å². The molecule has 4 rings (SSSR count). The first-order valence-corrected chi connectivity index (χ1v) is 11.4. The number of hydrogen-bond acceptors (Lipinski definition) is 5. The number of carbonyl (C=O) groups is 2. The van der Waals surface area contributed by atoms with Crippen LogP contribution in [0.25, 0.3) is 0 Å². The zero-order chi connectivity index (χ0) is 24.9. The highest BCUT2D eigenvalue weighted by Gasteiger charge is 2.27. The number of pyridine rings is 1. The van der Waals surface area contributed by atoms with E-state index in [4.69, 9.17) is 0 Å². The number of carboxylic acid groups (broad SMARTS) is 1. The van der Waals surface area contributed by atoms with Gasteiger partial charge in [0.05, 0.1) is 5.56 Å². The summed E-state index contributed by atoms with van der Waals surface area (Å²) >= 11 is 0. The van der Waals surface area contributed by atoms with Crippen LogP contribution in [0.5, 0.6) is 0 Å². The molecule has 0 spiro atoms. The third-order valence-electron chi connectivity index (χ3n) is 6.12. The monoisotopic (exact) mass is 477 g/mol. The van der Waals surface area contributed by atoms with Crippen molar-refractivity contribution in [2.45, 2.75) is 19.5 Å². The molecule has 3 aromatic rings. The predicted octanol–water partition coefficient (Wildman–Crippen LogP) is 4.43. The Morgan fingerprint density at radius 1 is 1.09 bits per heavy atom. The van der Waals surface area contributed by atoms with Gasteiger partial charge in [0, 0.05) is 56.8 Å². The number of benzene rings is 2. The van der Waals surface area contributed by atoms with Crippen LogP contribution in [0.15, 0.2) is 66.9 Å². The number of nitrogens with one attached hydrogen (secondary N) is 1. The summed E-state index contributed by atoms with van der Waals surface area (Å²) in [6.45, 7) is 4.52. The van der Waals surface area contributed by atoms with Gasteiger partial charge in [-0.05, 0) is 61.0 Å². The summed E-state index contributed by atoms with van der Waals surface area (Å²) < 4.78 is 13.1. The number of piperazine rings is 1. The highest BCUT2D eigenvalue weighted by molar-refractivity contribution is 6.05. The minimum atomic E-state index is -0.872. The van der Waals surface area contributed by atoms with E-state index in [-0.39, 0.29) is 17.8 Å². The number of amides is 2. The number of hydrogen-bond donors (Lipinski definition) is 2. The van der Waals surface area contributed by atoms with Crippen molar-refractivity contribution in [1.29, 1.82) is 0 Å². The first-order valence-electron chi connectivity index (χ1n) is 11.4. The summed E-state index contributed by atoms with van der Waals surface area (Å²) in [6.07, 6.45) is 0.639. The molecular formula is C26H28FN5O3. The molecule has 1 aliphatic rings. The Kier molecular flexibility index (Phi) is 7.26. The maximum absolute atomic E-state index is 13.1. The number of carbonyl (C=O) groups excluding carboxylic acids is 1.